The third-order valence-corrected chi connectivity index (χ3v) is 7.51. The van der Waals surface area contributed by atoms with Crippen molar-refractivity contribution >= 4 is 50.8 Å². The number of hydrazone groups is 1. The second-order valence-electron chi connectivity index (χ2n) is 9.25. The number of benzene rings is 1. The first-order valence-electron chi connectivity index (χ1n) is 13.7. The molecule has 0 saturated carbocycles. The van der Waals surface area contributed by atoms with Gasteiger partial charge in [0.1, 0.15) is 18.0 Å². The number of carbonyl (C=O) groups excluding carboxylic acids is 1. The van der Waals surface area contributed by atoms with Gasteiger partial charge in [0.25, 0.3) is 21.4 Å². The quantitative estimate of drug-likeness (QED) is 0.0680. The number of hydrogen-bond donors (Lipinski definition) is 0. The van der Waals surface area contributed by atoms with E-state index in [4.69, 9.17) is 8.92 Å². The molecule has 3 aromatic rings. The normalized spacial score (nSPS) is 13.2. The molecule has 0 radical (unpaired) electrons. The molecule has 4 heterocycles. The first kappa shape index (κ1) is 33.7. The Kier molecular flexibility index (Phi) is 11.4. The van der Waals surface area contributed by atoms with Crippen LogP contribution in [0.1, 0.15) is 56.4 Å². The summed E-state index contributed by atoms with van der Waals surface area (Å²) >= 11 is 1.25. The number of ether oxygens (including phenoxy) is 1. The van der Waals surface area contributed by atoms with Crippen molar-refractivity contribution in [2.24, 2.45) is 5.10 Å². The fourth-order valence-corrected chi connectivity index (χ4v) is 5.38. The third kappa shape index (κ3) is 7.40. The highest BCUT2D eigenvalue weighted by Crippen LogP contribution is 2.42. The Morgan fingerprint density at radius 2 is 1.88 bits per heavy atom. The van der Waals surface area contributed by atoms with Gasteiger partial charge in [-0.1, -0.05) is 52.3 Å². The van der Waals surface area contributed by atoms with E-state index in [0.717, 1.165) is 11.6 Å². The highest BCUT2D eigenvalue weighted by Gasteiger charge is 2.39. The van der Waals surface area contributed by atoms with Crippen molar-refractivity contribution in [2.75, 3.05) is 25.7 Å². The maximum absolute atomic E-state index is 13.4. The van der Waals surface area contributed by atoms with Gasteiger partial charge in [0.05, 0.1) is 60.2 Å². The Hall–Kier alpha value is -3.82. The predicted molar refractivity (Wildman–Crippen MR) is 167 cm³/mol. The van der Waals surface area contributed by atoms with Crippen LogP contribution < -0.4 is 5.56 Å². The molecular weight excluding hydrogens is 598 g/mol. The van der Waals surface area contributed by atoms with Crippen LogP contribution in [-0.4, -0.2) is 65.2 Å². The molecule has 232 valence electrons. The summed E-state index contributed by atoms with van der Waals surface area (Å²) in [7, 11) is -3.60. The highest BCUT2D eigenvalue weighted by molar-refractivity contribution is 7.96. The zero-order chi connectivity index (χ0) is 31.9. The molecule has 2 aromatic heterocycles. The van der Waals surface area contributed by atoms with Crippen LogP contribution in [0.4, 0.5) is 5.69 Å². The van der Waals surface area contributed by atoms with Gasteiger partial charge >= 0.3 is 5.97 Å². The summed E-state index contributed by atoms with van der Waals surface area (Å²) in [6.07, 6.45) is 5.17. The molecule has 0 amide bonds. The van der Waals surface area contributed by atoms with Crippen LogP contribution in [0.15, 0.2) is 34.2 Å². The van der Waals surface area contributed by atoms with Gasteiger partial charge in [-0.25, -0.2) is 9.40 Å². The lowest BCUT2D eigenvalue weighted by Crippen LogP contribution is -2.31. The SMILES string of the molecule is CC.CCC.CSN(CCOS(C)(=O)=O)/N=C/c1c2c(nc3ccccc13)-c1c([N+](=O)[O-])c3c(c(=O)n1C2)COC(=O)C3. The summed E-state index contributed by atoms with van der Waals surface area (Å²) in [6.45, 7) is 8.00. The van der Waals surface area contributed by atoms with Crippen LogP contribution in [0, 0.1) is 10.1 Å². The van der Waals surface area contributed by atoms with Gasteiger partial charge in [-0.05, 0) is 18.0 Å². The van der Waals surface area contributed by atoms with E-state index in [2.05, 4.69) is 23.9 Å². The molecule has 43 heavy (non-hydrogen) atoms. The van der Waals surface area contributed by atoms with Crippen molar-refractivity contribution in [3.8, 4) is 11.4 Å². The van der Waals surface area contributed by atoms with Crippen LogP contribution in [0.2, 0.25) is 0 Å². The van der Waals surface area contributed by atoms with E-state index in [0.29, 0.717) is 16.6 Å². The molecular formula is C28H35N5O8S2. The van der Waals surface area contributed by atoms with E-state index in [1.165, 1.54) is 27.4 Å². The average Bonchev–Trinajstić information content (AvgIpc) is 3.34. The number of pyridine rings is 2. The van der Waals surface area contributed by atoms with Crippen molar-refractivity contribution in [1.29, 1.82) is 0 Å². The van der Waals surface area contributed by atoms with E-state index in [-0.39, 0.29) is 60.9 Å². The zero-order valence-corrected chi connectivity index (χ0v) is 26.6. The summed E-state index contributed by atoms with van der Waals surface area (Å²) in [5, 5.41) is 17.4. The number of rotatable bonds is 8. The zero-order valence-electron chi connectivity index (χ0n) is 24.9. The van der Waals surface area contributed by atoms with Gasteiger partial charge in [-0.15, -0.1) is 0 Å². The van der Waals surface area contributed by atoms with Gasteiger partial charge in [-0.3, -0.25) is 28.5 Å². The van der Waals surface area contributed by atoms with E-state index in [9.17, 15) is 28.1 Å². The smallest absolute Gasteiger partial charge is 0.310 e. The van der Waals surface area contributed by atoms with E-state index in [1.54, 1.807) is 24.6 Å². The highest BCUT2D eigenvalue weighted by atomic mass is 32.2. The molecule has 1 aromatic carbocycles. The lowest BCUT2D eigenvalue weighted by Gasteiger charge is -2.17. The number of nitro groups is 1. The van der Waals surface area contributed by atoms with Gasteiger partial charge in [0.2, 0.25) is 0 Å². The molecule has 5 rings (SSSR count). The molecule has 0 aliphatic carbocycles. The van der Waals surface area contributed by atoms with E-state index >= 15 is 0 Å². The fourth-order valence-electron chi connectivity index (χ4n) is 4.61. The standard InChI is InChI=1S/C23H21N5O8S2.C3H8.C2H6/c1-37-27(7-8-36-38(2,33)34)24-10-15-13-5-3-4-6-18(13)25-20-16(15)11-26-22(20)21(28(31)32)14-9-19(29)35-12-17(14)23(26)30;1-3-2;1-2/h3-6,10H,7-9,11-12H2,1-2H3;3H2,1-2H3;1-2H3/b24-10+;;. The monoisotopic (exact) mass is 633 g/mol. The number of para-hydroxylation sites is 1. The number of aromatic nitrogens is 2. The minimum atomic E-state index is -3.60. The largest absolute Gasteiger partial charge is 0.460 e. The Balaban J connectivity index is 0.000000953. The average molecular weight is 634 g/mol. The number of fused-ring (bicyclic) bond motifs is 5. The number of carbonyl (C=O) groups is 1. The number of nitrogens with zero attached hydrogens (tertiary/aromatic N) is 5. The number of hydrogen-bond acceptors (Lipinski definition) is 12. The van der Waals surface area contributed by atoms with E-state index < -0.39 is 26.6 Å². The summed E-state index contributed by atoms with van der Waals surface area (Å²) in [5.74, 6) is -0.639. The number of cyclic esters (lactones) is 1. The Morgan fingerprint density at radius 1 is 1.21 bits per heavy atom. The van der Waals surface area contributed by atoms with Crippen molar-refractivity contribution in [1.82, 2.24) is 14.0 Å². The van der Waals surface area contributed by atoms with Gasteiger partial charge in [-0.2, -0.15) is 13.5 Å². The van der Waals surface area contributed by atoms with Crippen molar-refractivity contribution < 1.29 is 27.1 Å². The molecule has 2 aliphatic heterocycles. The van der Waals surface area contributed by atoms with Crippen molar-refractivity contribution in [2.45, 2.75) is 53.7 Å². The first-order chi connectivity index (χ1) is 20.5. The minimum Gasteiger partial charge on any atom is -0.460 e. The molecule has 13 nitrogen and oxygen atoms in total. The summed E-state index contributed by atoms with van der Waals surface area (Å²) in [6, 6.07) is 7.18. The number of esters is 1. The molecule has 0 saturated heterocycles. The second-order valence-corrected chi connectivity index (χ2v) is 11.7. The van der Waals surface area contributed by atoms with Crippen LogP contribution in [0.3, 0.4) is 0 Å². The van der Waals surface area contributed by atoms with Crippen LogP contribution in [0.25, 0.3) is 22.3 Å². The molecule has 15 heteroatoms. The summed E-state index contributed by atoms with van der Waals surface area (Å²) in [5.41, 5.74) is 1.38. The predicted octanol–water partition coefficient (Wildman–Crippen LogP) is 4.27. The van der Waals surface area contributed by atoms with Gasteiger partial charge < -0.3 is 4.74 Å². The van der Waals surface area contributed by atoms with Crippen molar-refractivity contribution in [3.63, 3.8) is 0 Å². The van der Waals surface area contributed by atoms with Crippen LogP contribution in [0.5, 0.6) is 0 Å². The minimum absolute atomic E-state index is 0.0151. The van der Waals surface area contributed by atoms with Crippen LogP contribution in [-0.2, 0) is 43.4 Å². The first-order valence-corrected chi connectivity index (χ1v) is 16.7. The third-order valence-electron chi connectivity index (χ3n) is 6.21. The Morgan fingerprint density at radius 3 is 2.51 bits per heavy atom. The van der Waals surface area contributed by atoms with Gasteiger partial charge in [0.15, 0.2) is 0 Å². The van der Waals surface area contributed by atoms with Crippen molar-refractivity contribution in [3.05, 3.63) is 67.0 Å². The second kappa shape index (κ2) is 14.6. The molecule has 0 unspecified atom stereocenters. The summed E-state index contributed by atoms with van der Waals surface area (Å²) < 4.78 is 35.2. The lowest BCUT2D eigenvalue weighted by molar-refractivity contribution is -0.385. The molecule has 0 atom stereocenters. The Bertz CT molecular complexity index is 1720. The molecule has 2 aliphatic rings. The molecule has 0 spiro atoms. The van der Waals surface area contributed by atoms with E-state index in [1.807, 2.05) is 26.0 Å². The fraction of sp³-hybridized carbons (Fsp3) is 0.429. The molecule has 0 bridgehead atoms. The van der Waals surface area contributed by atoms with Crippen LogP contribution >= 0.6 is 11.9 Å². The topological polar surface area (TPSA) is 163 Å². The summed E-state index contributed by atoms with van der Waals surface area (Å²) in [4.78, 5) is 41.7. The Labute approximate surface area is 254 Å². The van der Waals surface area contributed by atoms with Gasteiger partial charge in [0, 0.05) is 22.8 Å². The molecule has 0 fully saturated rings. The lowest BCUT2D eigenvalue weighted by atomic mass is 9.98. The molecule has 0 N–H and O–H groups in total. The maximum Gasteiger partial charge on any atom is 0.310 e. The maximum atomic E-state index is 13.4.